The van der Waals surface area contributed by atoms with Gasteiger partial charge in [-0.1, -0.05) is 12.1 Å². The number of hydrogen-bond acceptors (Lipinski definition) is 4. The van der Waals surface area contributed by atoms with Crippen molar-refractivity contribution in [2.24, 2.45) is 0 Å². The Morgan fingerprint density at radius 1 is 1.16 bits per heavy atom. The maximum absolute atomic E-state index is 12.9. The molecule has 0 radical (unpaired) electrons. The Morgan fingerprint density at radius 3 is 2.60 bits per heavy atom. The number of nitrogens with one attached hydrogen (secondary N) is 2. The summed E-state index contributed by atoms with van der Waals surface area (Å²) in [4.78, 5) is 14.1. The number of hydrogen-bond donors (Lipinski definition) is 2. The second-order valence-electron chi connectivity index (χ2n) is 6.32. The molecule has 2 aromatic rings. The van der Waals surface area contributed by atoms with Gasteiger partial charge in [-0.15, -0.1) is 12.4 Å². The first-order valence-corrected chi connectivity index (χ1v) is 9.54. The minimum atomic E-state index is -3.63. The standard InChI is InChI=1S/C17H19N3O3S.ClH/c1-20-14-5-6-15(12-3-2-4-13(16(12)14)17(20)21)24(22,23)19-11-7-9-18-10-8-11;/h2-6,11,18-19H,7-10H2,1H3;1H. The van der Waals surface area contributed by atoms with Crippen LogP contribution in [0.4, 0.5) is 5.69 Å². The molecule has 8 heteroatoms. The van der Waals surface area contributed by atoms with E-state index in [0.717, 1.165) is 37.0 Å². The largest absolute Gasteiger partial charge is 0.317 e. The van der Waals surface area contributed by atoms with Crippen LogP contribution in [0.15, 0.2) is 35.2 Å². The lowest BCUT2D eigenvalue weighted by molar-refractivity contribution is 0.0999. The minimum absolute atomic E-state index is 0. The van der Waals surface area contributed by atoms with E-state index in [1.165, 1.54) is 0 Å². The summed E-state index contributed by atoms with van der Waals surface area (Å²) in [6.45, 7) is 1.63. The van der Waals surface area contributed by atoms with E-state index in [1.54, 1.807) is 42.3 Å². The Morgan fingerprint density at radius 2 is 1.88 bits per heavy atom. The summed E-state index contributed by atoms with van der Waals surface area (Å²) in [6.07, 6.45) is 1.56. The van der Waals surface area contributed by atoms with Crippen molar-refractivity contribution in [3.05, 3.63) is 35.9 Å². The number of piperidine rings is 1. The van der Waals surface area contributed by atoms with Gasteiger partial charge in [0.2, 0.25) is 10.0 Å². The molecular formula is C17H20ClN3O3S. The zero-order chi connectivity index (χ0) is 16.9. The van der Waals surface area contributed by atoms with E-state index in [2.05, 4.69) is 10.0 Å². The van der Waals surface area contributed by atoms with Crippen LogP contribution in [0.1, 0.15) is 23.2 Å². The highest BCUT2D eigenvalue weighted by molar-refractivity contribution is 7.89. The molecule has 1 saturated heterocycles. The molecule has 0 spiro atoms. The number of benzene rings is 2. The van der Waals surface area contributed by atoms with Crippen LogP contribution in [-0.2, 0) is 10.0 Å². The number of rotatable bonds is 3. The van der Waals surface area contributed by atoms with Gasteiger partial charge in [0.15, 0.2) is 0 Å². The van der Waals surface area contributed by atoms with Crippen molar-refractivity contribution in [3.8, 4) is 0 Å². The molecule has 0 aromatic heterocycles. The average molecular weight is 382 g/mol. The maximum atomic E-state index is 12.9. The Balaban J connectivity index is 0.00000182. The quantitative estimate of drug-likeness (QED) is 0.850. The van der Waals surface area contributed by atoms with Crippen LogP contribution in [0.25, 0.3) is 10.8 Å². The molecule has 2 aliphatic heterocycles. The summed E-state index contributed by atoms with van der Waals surface area (Å²) in [5.74, 6) is -0.100. The first kappa shape index (κ1) is 18.1. The summed E-state index contributed by atoms with van der Waals surface area (Å²) < 4.78 is 28.6. The molecular weight excluding hydrogens is 362 g/mol. The van der Waals surface area contributed by atoms with Gasteiger partial charge in [-0.05, 0) is 44.1 Å². The van der Waals surface area contributed by atoms with E-state index < -0.39 is 10.0 Å². The number of nitrogens with zero attached hydrogens (tertiary/aromatic N) is 1. The number of amides is 1. The minimum Gasteiger partial charge on any atom is -0.317 e. The normalized spacial score (nSPS) is 17.8. The molecule has 2 aromatic carbocycles. The molecule has 4 rings (SSSR count). The highest BCUT2D eigenvalue weighted by Gasteiger charge is 2.30. The summed E-state index contributed by atoms with van der Waals surface area (Å²) in [5.41, 5.74) is 1.32. The number of sulfonamides is 1. The van der Waals surface area contributed by atoms with E-state index in [1.807, 2.05) is 0 Å². The smallest absolute Gasteiger partial charge is 0.258 e. The van der Waals surface area contributed by atoms with E-state index in [0.29, 0.717) is 10.9 Å². The van der Waals surface area contributed by atoms with Gasteiger partial charge in [0.05, 0.1) is 10.6 Å². The van der Waals surface area contributed by atoms with Gasteiger partial charge in [0.25, 0.3) is 5.91 Å². The van der Waals surface area contributed by atoms with Crippen molar-refractivity contribution < 1.29 is 13.2 Å². The van der Waals surface area contributed by atoms with Crippen molar-refractivity contribution >= 4 is 44.8 Å². The van der Waals surface area contributed by atoms with Gasteiger partial charge in [-0.25, -0.2) is 13.1 Å². The van der Waals surface area contributed by atoms with Gasteiger partial charge in [0, 0.05) is 29.4 Å². The SMILES string of the molecule is CN1C(=O)c2cccc3c(S(=O)(=O)NC4CCNCC4)ccc1c23.Cl. The first-order chi connectivity index (χ1) is 11.5. The molecule has 134 valence electrons. The predicted octanol–water partition coefficient (Wildman–Crippen LogP) is 1.88. The van der Waals surface area contributed by atoms with Crippen LogP contribution in [0.5, 0.6) is 0 Å². The summed E-state index contributed by atoms with van der Waals surface area (Å²) in [6, 6.07) is 8.51. The van der Waals surface area contributed by atoms with E-state index in [9.17, 15) is 13.2 Å². The van der Waals surface area contributed by atoms with E-state index in [4.69, 9.17) is 0 Å². The van der Waals surface area contributed by atoms with Gasteiger partial charge < -0.3 is 10.2 Å². The van der Waals surface area contributed by atoms with Crippen molar-refractivity contribution in [1.29, 1.82) is 0 Å². The van der Waals surface area contributed by atoms with Crippen LogP contribution in [0.2, 0.25) is 0 Å². The van der Waals surface area contributed by atoms with Gasteiger partial charge in [0.1, 0.15) is 0 Å². The fourth-order valence-electron chi connectivity index (χ4n) is 3.57. The molecule has 1 fully saturated rings. The summed E-state index contributed by atoms with van der Waals surface area (Å²) in [5, 5.41) is 4.55. The fourth-order valence-corrected chi connectivity index (χ4v) is 5.07. The summed E-state index contributed by atoms with van der Waals surface area (Å²) in [7, 11) is -1.93. The monoisotopic (exact) mass is 381 g/mol. The third-order valence-electron chi connectivity index (χ3n) is 4.83. The molecule has 2 N–H and O–H groups in total. The van der Waals surface area contributed by atoms with Gasteiger partial charge >= 0.3 is 0 Å². The van der Waals surface area contributed by atoms with Crippen LogP contribution in [0, 0.1) is 0 Å². The Kier molecular flexibility index (Phi) is 4.76. The zero-order valence-corrected chi connectivity index (χ0v) is 15.4. The van der Waals surface area contributed by atoms with Gasteiger partial charge in [-0.3, -0.25) is 4.79 Å². The highest BCUT2D eigenvalue weighted by Crippen LogP contribution is 2.39. The zero-order valence-electron chi connectivity index (χ0n) is 13.8. The lowest BCUT2D eigenvalue weighted by atomic mass is 10.1. The molecule has 0 atom stereocenters. The second-order valence-corrected chi connectivity index (χ2v) is 8.00. The van der Waals surface area contributed by atoms with Crippen LogP contribution in [0.3, 0.4) is 0 Å². The highest BCUT2D eigenvalue weighted by atomic mass is 35.5. The molecule has 0 unspecified atom stereocenters. The molecule has 0 aliphatic carbocycles. The lowest BCUT2D eigenvalue weighted by Crippen LogP contribution is -2.42. The van der Waals surface area contributed by atoms with Crippen LogP contribution in [-0.4, -0.2) is 40.5 Å². The third-order valence-corrected chi connectivity index (χ3v) is 6.40. The first-order valence-electron chi connectivity index (χ1n) is 8.06. The topological polar surface area (TPSA) is 78.5 Å². The average Bonchev–Trinajstić information content (AvgIpc) is 2.82. The molecule has 2 aliphatic rings. The fraction of sp³-hybridized carbons (Fsp3) is 0.353. The molecule has 2 heterocycles. The van der Waals surface area contributed by atoms with Crippen LogP contribution < -0.4 is 14.9 Å². The van der Waals surface area contributed by atoms with Crippen molar-refractivity contribution in [2.75, 3.05) is 25.0 Å². The predicted molar refractivity (Wildman–Crippen MR) is 100 cm³/mol. The number of halogens is 1. The number of carbonyl (C=O) groups is 1. The Labute approximate surface area is 153 Å². The van der Waals surface area contributed by atoms with Crippen molar-refractivity contribution in [1.82, 2.24) is 10.0 Å². The van der Waals surface area contributed by atoms with E-state index >= 15 is 0 Å². The maximum Gasteiger partial charge on any atom is 0.258 e. The summed E-state index contributed by atoms with van der Waals surface area (Å²) >= 11 is 0. The Hall–Kier alpha value is -1.67. The van der Waals surface area contributed by atoms with Gasteiger partial charge in [-0.2, -0.15) is 0 Å². The molecule has 1 amide bonds. The Bertz CT molecular complexity index is 940. The third kappa shape index (κ3) is 2.91. The molecule has 6 nitrogen and oxygen atoms in total. The molecule has 0 bridgehead atoms. The van der Waals surface area contributed by atoms with Crippen molar-refractivity contribution in [3.63, 3.8) is 0 Å². The van der Waals surface area contributed by atoms with E-state index in [-0.39, 0.29) is 29.3 Å². The molecule has 0 saturated carbocycles. The second kappa shape index (κ2) is 6.57. The lowest BCUT2D eigenvalue weighted by Gasteiger charge is -2.24. The van der Waals surface area contributed by atoms with Crippen molar-refractivity contribution in [2.45, 2.75) is 23.8 Å². The van der Waals surface area contributed by atoms with Crippen LogP contribution >= 0.6 is 12.4 Å². The molecule has 25 heavy (non-hydrogen) atoms. The number of carbonyl (C=O) groups excluding carboxylic acids is 1. The number of anilines is 1.